The van der Waals surface area contributed by atoms with Crippen molar-refractivity contribution in [3.8, 4) is 0 Å². The van der Waals surface area contributed by atoms with E-state index in [-0.39, 0.29) is 0 Å². The van der Waals surface area contributed by atoms with Gasteiger partial charge in [0, 0.05) is 19.8 Å². The summed E-state index contributed by atoms with van der Waals surface area (Å²) in [5.41, 5.74) is 0. The van der Waals surface area contributed by atoms with Crippen molar-refractivity contribution in [2.75, 3.05) is 54.3 Å². The van der Waals surface area contributed by atoms with Gasteiger partial charge < -0.3 is 14.0 Å². The van der Waals surface area contributed by atoms with Crippen LogP contribution in [-0.4, -0.2) is 61.7 Å². The lowest BCUT2D eigenvalue weighted by molar-refractivity contribution is 0.0900. The second-order valence-electron chi connectivity index (χ2n) is 20.6. The first-order valence-corrected chi connectivity index (χ1v) is 34.4. The molecule has 0 rings (SSSR count). The average molecular weight is 1000 g/mol. The first-order valence-electron chi connectivity index (χ1n) is 30.9. The van der Waals surface area contributed by atoms with Gasteiger partial charge in [-0.05, 0) is 92.3 Å². The van der Waals surface area contributed by atoms with Crippen molar-refractivity contribution in [1.29, 1.82) is 0 Å². The fourth-order valence-corrected chi connectivity index (χ4v) is 12.2. The molecule has 0 bridgehead atoms. The number of thioether (sulfide) groups is 3. The molecule has 0 heterocycles. The third kappa shape index (κ3) is 63.1. The molecule has 0 radical (unpaired) electrons. The molecule has 0 saturated heterocycles. The topological polar surface area (TPSA) is 27.7 Å². The van der Waals surface area contributed by atoms with Gasteiger partial charge in [0.15, 0.2) is 0 Å². The molecule has 402 valence electrons. The summed E-state index contributed by atoms with van der Waals surface area (Å²) in [5.74, 6) is 7.72. The van der Waals surface area contributed by atoms with E-state index in [2.05, 4.69) is 56.1 Å². The number of rotatable bonds is 63. The van der Waals surface area contributed by atoms with Crippen LogP contribution in [0.2, 0.25) is 0 Å². The predicted octanol–water partition coefficient (Wildman–Crippen LogP) is 22.0. The Morgan fingerprint density at radius 1 is 0.194 bits per heavy atom. The van der Waals surface area contributed by atoms with Crippen LogP contribution < -0.4 is 0 Å². The highest BCUT2D eigenvalue weighted by Crippen LogP contribution is 2.18. The van der Waals surface area contributed by atoms with E-state index in [4.69, 9.17) is 14.0 Å². The minimum absolute atomic E-state index is 0.491. The van der Waals surface area contributed by atoms with Crippen molar-refractivity contribution in [3.05, 3.63) is 0 Å². The Balaban J connectivity index is 3.97. The van der Waals surface area contributed by atoms with Crippen LogP contribution in [0.5, 0.6) is 0 Å². The number of unbranched alkanes of at least 4 members (excludes halogenated alkanes) is 42. The van der Waals surface area contributed by atoms with Crippen molar-refractivity contribution < 1.29 is 14.0 Å². The van der Waals surface area contributed by atoms with Crippen LogP contribution in [0.1, 0.15) is 329 Å². The summed E-state index contributed by atoms with van der Waals surface area (Å²) in [4.78, 5) is 0. The highest BCUT2D eigenvalue weighted by molar-refractivity contribution is 7.99. The van der Waals surface area contributed by atoms with E-state index in [0.717, 1.165) is 39.1 Å². The Hall–Kier alpha value is 0.995. The van der Waals surface area contributed by atoms with Crippen LogP contribution in [0, 0.1) is 0 Å². The molecular formula is C60H123BO3S3. The summed E-state index contributed by atoms with van der Waals surface area (Å²) >= 11 is 6.43. The molecule has 0 aliphatic heterocycles. The third-order valence-electron chi connectivity index (χ3n) is 13.7. The molecule has 0 spiro atoms. The molecule has 0 aromatic carbocycles. The summed E-state index contributed by atoms with van der Waals surface area (Å²) in [7, 11) is -0.491. The molecule has 67 heavy (non-hydrogen) atoms. The van der Waals surface area contributed by atoms with Gasteiger partial charge in [0.1, 0.15) is 0 Å². The van der Waals surface area contributed by atoms with E-state index >= 15 is 0 Å². The molecule has 0 fully saturated rings. The zero-order valence-corrected chi connectivity index (χ0v) is 48.8. The van der Waals surface area contributed by atoms with E-state index in [1.165, 1.54) is 323 Å². The zero-order chi connectivity index (χ0) is 48.1. The number of hydrogen-bond donors (Lipinski definition) is 0. The monoisotopic (exact) mass is 999 g/mol. The van der Waals surface area contributed by atoms with Crippen LogP contribution in [0.3, 0.4) is 0 Å². The largest absolute Gasteiger partial charge is 0.639 e. The van der Waals surface area contributed by atoms with Gasteiger partial charge in [-0.1, -0.05) is 271 Å². The molecule has 0 aromatic heterocycles. The molecular weight excluding hydrogens is 876 g/mol. The van der Waals surface area contributed by atoms with Crippen LogP contribution in [0.25, 0.3) is 0 Å². The molecule has 7 heteroatoms. The van der Waals surface area contributed by atoms with Crippen molar-refractivity contribution >= 4 is 42.6 Å². The van der Waals surface area contributed by atoms with Gasteiger partial charge >= 0.3 is 7.32 Å². The molecule has 0 unspecified atom stereocenters. The fourth-order valence-electron chi connectivity index (χ4n) is 9.10. The molecule has 0 saturated carbocycles. The van der Waals surface area contributed by atoms with Gasteiger partial charge in [-0.2, -0.15) is 35.3 Å². The highest BCUT2D eigenvalue weighted by atomic mass is 32.2. The van der Waals surface area contributed by atoms with Crippen LogP contribution in [0.15, 0.2) is 0 Å². The summed E-state index contributed by atoms with van der Waals surface area (Å²) in [5, 5.41) is 0. The van der Waals surface area contributed by atoms with Gasteiger partial charge in [-0.15, -0.1) is 0 Å². The first-order chi connectivity index (χ1) is 33.3. The highest BCUT2D eigenvalue weighted by Gasteiger charge is 2.20. The average Bonchev–Trinajstić information content (AvgIpc) is 3.34. The lowest BCUT2D eigenvalue weighted by atomic mass is 10.0. The summed E-state index contributed by atoms with van der Waals surface area (Å²) < 4.78 is 18.6. The summed E-state index contributed by atoms with van der Waals surface area (Å²) in [6.45, 7) is 9.16. The van der Waals surface area contributed by atoms with E-state index in [1.807, 2.05) is 0 Å². The molecule has 0 aromatic rings. The normalized spacial score (nSPS) is 11.7. The maximum atomic E-state index is 6.19. The zero-order valence-electron chi connectivity index (χ0n) is 46.3. The Labute approximate surface area is 437 Å². The van der Waals surface area contributed by atoms with E-state index in [9.17, 15) is 0 Å². The van der Waals surface area contributed by atoms with Crippen LogP contribution in [-0.2, 0) is 14.0 Å². The van der Waals surface area contributed by atoms with Crippen molar-refractivity contribution in [3.63, 3.8) is 0 Å². The standard InChI is InChI=1S/C60H123BO3S3/c1-4-7-10-13-16-19-22-25-28-31-34-37-40-46-55-65-58-49-43-52-62-61(63-53-44-50-59-66-56-47-41-38-35-32-29-26-23-20-17-14-11-8-5-2)64-54-45-51-60-67-57-48-42-39-36-33-30-27-24-21-18-15-12-9-6-3/h4-60H2,1-3H3. The number of hydrogen-bond acceptors (Lipinski definition) is 6. The summed E-state index contributed by atoms with van der Waals surface area (Å²) in [6, 6.07) is 0. The molecule has 0 aliphatic carbocycles. The Morgan fingerprint density at radius 2 is 0.343 bits per heavy atom. The van der Waals surface area contributed by atoms with Gasteiger partial charge in [0.05, 0.1) is 0 Å². The van der Waals surface area contributed by atoms with Crippen molar-refractivity contribution in [2.24, 2.45) is 0 Å². The van der Waals surface area contributed by atoms with Crippen LogP contribution >= 0.6 is 35.3 Å². The lowest BCUT2D eigenvalue weighted by Crippen LogP contribution is -2.29. The van der Waals surface area contributed by atoms with Crippen molar-refractivity contribution in [2.45, 2.75) is 329 Å². The van der Waals surface area contributed by atoms with E-state index in [1.54, 1.807) is 0 Å². The maximum Gasteiger partial charge on any atom is 0.639 e. The van der Waals surface area contributed by atoms with E-state index in [0.29, 0.717) is 0 Å². The predicted molar refractivity (Wildman–Crippen MR) is 314 cm³/mol. The Kier molecular flexibility index (Phi) is 66.0. The quantitative estimate of drug-likeness (QED) is 0.0445. The fraction of sp³-hybridized carbons (Fsp3) is 1.00. The van der Waals surface area contributed by atoms with Crippen LogP contribution in [0.4, 0.5) is 0 Å². The molecule has 3 nitrogen and oxygen atoms in total. The second-order valence-corrected chi connectivity index (χ2v) is 24.3. The second kappa shape index (κ2) is 65.0. The third-order valence-corrected chi connectivity index (χ3v) is 17.2. The van der Waals surface area contributed by atoms with Gasteiger partial charge in [-0.25, -0.2) is 0 Å². The van der Waals surface area contributed by atoms with Gasteiger partial charge in [0.2, 0.25) is 0 Å². The van der Waals surface area contributed by atoms with Gasteiger partial charge in [-0.3, -0.25) is 0 Å². The lowest BCUT2D eigenvalue weighted by Gasteiger charge is -2.15. The maximum absolute atomic E-state index is 6.19. The SMILES string of the molecule is CCCCCCCCCCCCCCCCSCCCCOB(OCCCCSCCCCCCCCCCCCCCCC)OCCCCSCCCCCCCCCCCCCCCC. The Morgan fingerprint density at radius 3 is 0.522 bits per heavy atom. The molecule has 0 atom stereocenters. The summed E-state index contributed by atoms with van der Waals surface area (Å²) in [6.07, 6.45) is 67.4. The Bertz CT molecular complexity index is 736. The van der Waals surface area contributed by atoms with E-state index < -0.39 is 7.32 Å². The van der Waals surface area contributed by atoms with Crippen molar-refractivity contribution in [1.82, 2.24) is 0 Å². The molecule has 0 amide bonds. The minimum Gasteiger partial charge on any atom is -0.386 e. The smallest absolute Gasteiger partial charge is 0.386 e. The minimum atomic E-state index is -0.491. The molecule has 0 N–H and O–H groups in total. The van der Waals surface area contributed by atoms with Gasteiger partial charge in [0.25, 0.3) is 0 Å². The molecule has 0 aliphatic rings. The first kappa shape index (κ1) is 68.0.